The van der Waals surface area contributed by atoms with Crippen LogP contribution >= 0.6 is 11.6 Å². The number of nitrogens with zero attached hydrogens (tertiary/aromatic N) is 1. The molecule has 0 amide bonds. The van der Waals surface area contributed by atoms with E-state index in [-0.39, 0.29) is 6.61 Å². The normalized spacial score (nSPS) is 27.5. The molecule has 3 rings (SSSR count). The third-order valence-electron chi connectivity index (χ3n) is 4.28. The van der Waals surface area contributed by atoms with Crippen LogP contribution in [0.15, 0.2) is 18.2 Å². The van der Waals surface area contributed by atoms with Gasteiger partial charge in [0, 0.05) is 29.4 Å². The first-order valence-electron chi connectivity index (χ1n) is 6.42. The van der Waals surface area contributed by atoms with Gasteiger partial charge in [-0.05, 0) is 42.9 Å². The van der Waals surface area contributed by atoms with Gasteiger partial charge < -0.3 is 10.0 Å². The number of rotatable bonds is 2. The van der Waals surface area contributed by atoms with Crippen molar-refractivity contribution in [3.63, 3.8) is 0 Å². The fraction of sp³-hybridized carbons (Fsp3) is 0.571. The summed E-state index contributed by atoms with van der Waals surface area (Å²) >= 11 is 5.97. The maximum Gasteiger partial charge on any atom is 0.0702 e. The van der Waals surface area contributed by atoms with Gasteiger partial charge in [-0.2, -0.15) is 0 Å². The lowest BCUT2D eigenvalue weighted by Gasteiger charge is -2.22. The van der Waals surface area contributed by atoms with Crippen molar-refractivity contribution in [1.29, 1.82) is 0 Å². The van der Waals surface area contributed by atoms with Crippen molar-refractivity contribution < 1.29 is 5.11 Å². The van der Waals surface area contributed by atoms with E-state index in [9.17, 15) is 5.11 Å². The molecule has 2 aliphatic rings. The van der Waals surface area contributed by atoms with Gasteiger partial charge in [-0.3, -0.25) is 0 Å². The monoisotopic (exact) mass is 251 g/mol. The molecule has 0 spiro atoms. The Labute approximate surface area is 107 Å². The SMILES string of the molecule is OCc1cc(Cl)ccc1N1CC2CCCC2C1. The van der Waals surface area contributed by atoms with Crippen molar-refractivity contribution in [3.8, 4) is 0 Å². The lowest BCUT2D eigenvalue weighted by molar-refractivity contribution is 0.282. The molecule has 0 radical (unpaired) electrons. The molecule has 2 atom stereocenters. The van der Waals surface area contributed by atoms with Crippen molar-refractivity contribution in [3.05, 3.63) is 28.8 Å². The summed E-state index contributed by atoms with van der Waals surface area (Å²) in [5, 5.41) is 10.1. The molecule has 92 valence electrons. The van der Waals surface area contributed by atoms with E-state index in [2.05, 4.69) is 11.0 Å². The first-order valence-corrected chi connectivity index (χ1v) is 6.80. The summed E-state index contributed by atoms with van der Waals surface area (Å²) < 4.78 is 0. The third kappa shape index (κ3) is 2.04. The summed E-state index contributed by atoms with van der Waals surface area (Å²) in [5.74, 6) is 1.74. The van der Waals surface area contributed by atoms with Gasteiger partial charge in [0.1, 0.15) is 0 Å². The minimum absolute atomic E-state index is 0.0712. The Bertz CT molecular complexity index is 409. The highest BCUT2D eigenvalue weighted by molar-refractivity contribution is 6.30. The van der Waals surface area contributed by atoms with Crippen LogP contribution in [0.4, 0.5) is 5.69 Å². The average molecular weight is 252 g/mol. The second-order valence-corrected chi connectivity index (χ2v) is 5.72. The minimum atomic E-state index is 0.0712. The second-order valence-electron chi connectivity index (χ2n) is 5.29. The molecule has 17 heavy (non-hydrogen) atoms. The number of anilines is 1. The smallest absolute Gasteiger partial charge is 0.0702 e. The summed E-state index contributed by atoms with van der Waals surface area (Å²) in [4.78, 5) is 2.43. The van der Waals surface area contributed by atoms with Gasteiger partial charge in [-0.1, -0.05) is 18.0 Å². The number of benzene rings is 1. The highest BCUT2D eigenvalue weighted by Crippen LogP contribution is 2.40. The van der Waals surface area contributed by atoms with E-state index in [1.807, 2.05) is 12.1 Å². The van der Waals surface area contributed by atoms with Crippen molar-refractivity contribution in [2.45, 2.75) is 25.9 Å². The topological polar surface area (TPSA) is 23.5 Å². The van der Waals surface area contributed by atoms with Crippen LogP contribution in [0.1, 0.15) is 24.8 Å². The van der Waals surface area contributed by atoms with Crippen molar-refractivity contribution in [2.24, 2.45) is 11.8 Å². The molecule has 1 saturated carbocycles. The highest BCUT2D eigenvalue weighted by atomic mass is 35.5. The van der Waals surface area contributed by atoms with Gasteiger partial charge >= 0.3 is 0 Å². The minimum Gasteiger partial charge on any atom is -0.392 e. The van der Waals surface area contributed by atoms with Crippen LogP contribution in [0.3, 0.4) is 0 Å². The van der Waals surface area contributed by atoms with Gasteiger partial charge in [-0.15, -0.1) is 0 Å². The summed E-state index contributed by atoms with van der Waals surface area (Å²) in [7, 11) is 0. The zero-order valence-electron chi connectivity index (χ0n) is 9.90. The summed E-state index contributed by atoms with van der Waals surface area (Å²) in [6.45, 7) is 2.38. The molecular formula is C14H18ClNO. The molecule has 1 heterocycles. The van der Waals surface area contributed by atoms with Gasteiger partial charge in [0.2, 0.25) is 0 Å². The standard InChI is InChI=1S/C14H18ClNO/c15-13-4-5-14(12(6-13)9-17)16-7-10-2-1-3-11(10)8-16/h4-6,10-11,17H,1-3,7-9H2. The van der Waals surface area contributed by atoms with Crippen LogP contribution in [-0.4, -0.2) is 18.2 Å². The summed E-state index contributed by atoms with van der Waals surface area (Å²) in [6, 6.07) is 5.85. The van der Waals surface area contributed by atoms with E-state index in [1.54, 1.807) is 0 Å². The zero-order valence-corrected chi connectivity index (χ0v) is 10.7. The summed E-state index contributed by atoms with van der Waals surface area (Å²) in [6.07, 6.45) is 4.16. The molecule has 0 bridgehead atoms. The molecule has 1 aromatic carbocycles. The van der Waals surface area contributed by atoms with E-state index < -0.39 is 0 Å². The van der Waals surface area contributed by atoms with Crippen LogP contribution in [0.25, 0.3) is 0 Å². The van der Waals surface area contributed by atoms with Gasteiger partial charge in [-0.25, -0.2) is 0 Å². The predicted molar refractivity (Wildman–Crippen MR) is 70.4 cm³/mol. The number of hydrogen-bond acceptors (Lipinski definition) is 2. The van der Waals surface area contributed by atoms with Crippen molar-refractivity contribution >= 4 is 17.3 Å². The third-order valence-corrected chi connectivity index (χ3v) is 4.51. The Morgan fingerprint density at radius 2 is 1.94 bits per heavy atom. The van der Waals surface area contributed by atoms with Gasteiger partial charge in [0.25, 0.3) is 0 Å². The van der Waals surface area contributed by atoms with Crippen LogP contribution in [-0.2, 0) is 6.61 Å². The molecule has 1 N–H and O–H groups in total. The number of halogens is 1. The van der Waals surface area contributed by atoms with Crippen LogP contribution in [0.5, 0.6) is 0 Å². The highest BCUT2D eigenvalue weighted by Gasteiger charge is 2.36. The first kappa shape index (κ1) is 11.4. The maximum atomic E-state index is 9.42. The molecular weight excluding hydrogens is 234 g/mol. The molecule has 1 aliphatic heterocycles. The van der Waals surface area contributed by atoms with Crippen molar-refractivity contribution in [2.75, 3.05) is 18.0 Å². The molecule has 3 heteroatoms. The lowest BCUT2D eigenvalue weighted by atomic mass is 10.0. The van der Waals surface area contributed by atoms with E-state index in [0.29, 0.717) is 5.02 Å². The number of aliphatic hydroxyl groups excluding tert-OH is 1. The van der Waals surface area contributed by atoms with E-state index in [1.165, 1.54) is 24.9 Å². The Morgan fingerprint density at radius 3 is 2.59 bits per heavy atom. The average Bonchev–Trinajstić information content (AvgIpc) is 2.89. The number of aliphatic hydroxyl groups is 1. The van der Waals surface area contributed by atoms with Crippen molar-refractivity contribution in [1.82, 2.24) is 0 Å². The zero-order chi connectivity index (χ0) is 11.8. The first-order chi connectivity index (χ1) is 8.28. The number of hydrogen-bond donors (Lipinski definition) is 1. The molecule has 0 aromatic heterocycles. The second kappa shape index (κ2) is 4.51. The molecule has 2 unspecified atom stereocenters. The largest absolute Gasteiger partial charge is 0.392 e. The predicted octanol–water partition coefficient (Wildman–Crippen LogP) is 3.07. The Hall–Kier alpha value is -0.730. The molecule has 2 fully saturated rings. The Balaban J connectivity index is 1.85. The summed E-state index contributed by atoms with van der Waals surface area (Å²) in [5.41, 5.74) is 2.13. The lowest BCUT2D eigenvalue weighted by Crippen LogP contribution is -2.22. The van der Waals surface area contributed by atoms with E-state index in [0.717, 1.165) is 30.5 Å². The fourth-order valence-electron chi connectivity index (χ4n) is 3.42. The fourth-order valence-corrected chi connectivity index (χ4v) is 3.62. The van der Waals surface area contributed by atoms with Crippen LogP contribution in [0, 0.1) is 11.8 Å². The quantitative estimate of drug-likeness (QED) is 0.873. The Kier molecular flexibility index (Phi) is 3.01. The Morgan fingerprint density at radius 1 is 1.24 bits per heavy atom. The van der Waals surface area contributed by atoms with Crippen LogP contribution < -0.4 is 4.90 Å². The van der Waals surface area contributed by atoms with E-state index in [4.69, 9.17) is 11.6 Å². The van der Waals surface area contributed by atoms with Crippen LogP contribution in [0.2, 0.25) is 5.02 Å². The molecule has 1 aromatic rings. The maximum absolute atomic E-state index is 9.42. The van der Waals surface area contributed by atoms with Gasteiger partial charge in [0.05, 0.1) is 6.61 Å². The van der Waals surface area contributed by atoms with E-state index >= 15 is 0 Å². The molecule has 2 nitrogen and oxygen atoms in total. The molecule has 1 saturated heterocycles. The number of fused-ring (bicyclic) bond motifs is 1. The van der Waals surface area contributed by atoms with Gasteiger partial charge in [0.15, 0.2) is 0 Å². The molecule has 1 aliphatic carbocycles.